The lowest BCUT2D eigenvalue weighted by Crippen LogP contribution is -2.37. The molecule has 0 bridgehead atoms. The maximum Gasteiger partial charge on any atom is 0.220 e. The van der Waals surface area contributed by atoms with E-state index in [4.69, 9.17) is 9.84 Å². The summed E-state index contributed by atoms with van der Waals surface area (Å²) in [6.45, 7) is 8.62. The van der Waals surface area contributed by atoms with Gasteiger partial charge in [0.1, 0.15) is 0 Å². The number of hydrogen-bond acceptors (Lipinski definition) is 4. The van der Waals surface area contributed by atoms with Crippen molar-refractivity contribution in [1.29, 1.82) is 0 Å². The SMILES string of the molecule is CCCn1nc(CCC(=O)NCCN2CCCCC2)c2c1CCOC2. The maximum atomic E-state index is 12.2. The molecule has 2 aliphatic rings. The first kappa shape index (κ1) is 18.4. The predicted molar refractivity (Wildman–Crippen MR) is 97.5 cm³/mol. The highest BCUT2D eigenvalue weighted by Crippen LogP contribution is 2.22. The quantitative estimate of drug-likeness (QED) is 0.779. The summed E-state index contributed by atoms with van der Waals surface area (Å²) >= 11 is 0. The predicted octanol–water partition coefficient (Wildman–Crippen LogP) is 1.90. The maximum absolute atomic E-state index is 12.2. The van der Waals surface area contributed by atoms with Crippen LogP contribution in [0.5, 0.6) is 0 Å². The van der Waals surface area contributed by atoms with E-state index >= 15 is 0 Å². The van der Waals surface area contributed by atoms with Crippen LogP contribution in [0.2, 0.25) is 0 Å². The monoisotopic (exact) mass is 348 g/mol. The highest BCUT2D eigenvalue weighted by molar-refractivity contribution is 5.76. The minimum Gasteiger partial charge on any atom is -0.376 e. The van der Waals surface area contributed by atoms with Crippen LogP contribution in [0.25, 0.3) is 0 Å². The van der Waals surface area contributed by atoms with Crippen LogP contribution in [-0.4, -0.2) is 53.4 Å². The van der Waals surface area contributed by atoms with Gasteiger partial charge in [0, 0.05) is 50.2 Å². The largest absolute Gasteiger partial charge is 0.376 e. The standard InChI is InChI=1S/C19H32N4O2/c1-2-10-23-18-8-14-25-15-16(18)17(21-23)6-7-19(24)20-9-13-22-11-4-3-5-12-22/h2-15H2,1H3,(H,20,24). The number of carbonyl (C=O) groups is 1. The first-order valence-electron chi connectivity index (χ1n) is 9.92. The molecule has 1 amide bonds. The van der Waals surface area contributed by atoms with Gasteiger partial charge in [0.05, 0.1) is 18.9 Å². The summed E-state index contributed by atoms with van der Waals surface area (Å²) in [5.41, 5.74) is 3.59. The van der Waals surface area contributed by atoms with Gasteiger partial charge in [-0.2, -0.15) is 5.10 Å². The smallest absolute Gasteiger partial charge is 0.220 e. The second-order valence-electron chi connectivity index (χ2n) is 7.15. The molecule has 6 nitrogen and oxygen atoms in total. The van der Waals surface area contributed by atoms with Crippen molar-refractivity contribution in [3.63, 3.8) is 0 Å². The fraction of sp³-hybridized carbons (Fsp3) is 0.789. The summed E-state index contributed by atoms with van der Waals surface area (Å²) in [6.07, 6.45) is 7.16. The number of nitrogens with zero attached hydrogens (tertiary/aromatic N) is 3. The molecule has 2 aliphatic heterocycles. The lowest BCUT2D eigenvalue weighted by Gasteiger charge is -2.26. The van der Waals surface area contributed by atoms with Crippen LogP contribution in [-0.2, 0) is 35.5 Å². The van der Waals surface area contributed by atoms with E-state index in [1.54, 1.807) is 0 Å². The number of likely N-dealkylation sites (tertiary alicyclic amines) is 1. The van der Waals surface area contributed by atoms with Crippen molar-refractivity contribution in [2.45, 2.75) is 65.0 Å². The Hall–Kier alpha value is -1.40. The van der Waals surface area contributed by atoms with Crippen LogP contribution in [0, 0.1) is 0 Å². The first-order valence-corrected chi connectivity index (χ1v) is 9.92. The van der Waals surface area contributed by atoms with E-state index < -0.39 is 0 Å². The summed E-state index contributed by atoms with van der Waals surface area (Å²) in [6, 6.07) is 0. The molecule has 1 aromatic rings. The van der Waals surface area contributed by atoms with Crippen LogP contribution in [0.3, 0.4) is 0 Å². The topological polar surface area (TPSA) is 59.4 Å². The highest BCUT2D eigenvalue weighted by atomic mass is 16.5. The van der Waals surface area contributed by atoms with Crippen molar-refractivity contribution in [2.75, 3.05) is 32.8 Å². The van der Waals surface area contributed by atoms with Gasteiger partial charge in [0.25, 0.3) is 0 Å². The third kappa shape index (κ3) is 5.05. The first-order chi connectivity index (χ1) is 12.3. The number of aryl methyl sites for hydroxylation is 2. The average molecular weight is 348 g/mol. The van der Waals surface area contributed by atoms with E-state index in [1.165, 1.54) is 43.6 Å². The Labute approximate surface area is 150 Å². The molecule has 0 unspecified atom stereocenters. The third-order valence-electron chi connectivity index (χ3n) is 5.20. The molecule has 0 atom stereocenters. The normalized spacial score (nSPS) is 18.1. The van der Waals surface area contributed by atoms with Crippen molar-refractivity contribution in [3.05, 3.63) is 17.0 Å². The van der Waals surface area contributed by atoms with Gasteiger partial charge in [0.15, 0.2) is 0 Å². The van der Waals surface area contributed by atoms with Crippen molar-refractivity contribution in [3.8, 4) is 0 Å². The molecule has 3 rings (SSSR count). The van der Waals surface area contributed by atoms with Crippen molar-refractivity contribution in [1.82, 2.24) is 20.0 Å². The van der Waals surface area contributed by atoms with Gasteiger partial charge < -0.3 is 15.0 Å². The summed E-state index contributed by atoms with van der Waals surface area (Å²) in [5.74, 6) is 0.132. The van der Waals surface area contributed by atoms with Gasteiger partial charge in [-0.1, -0.05) is 13.3 Å². The molecule has 0 aromatic carbocycles. The average Bonchev–Trinajstić information content (AvgIpc) is 2.99. The zero-order valence-electron chi connectivity index (χ0n) is 15.6. The Kier molecular flexibility index (Phi) is 6.87. The van der Waals surface area contributed by atoms with Gasteiger partial charge in [-0.3, -0.25) is 9.48 Å². The van der Waals surface area contributed by atoms with Crippen LogP contribution in [0.15, 0.2) is 0 Å². The van der Waals surface area contributed by atoms with Crippen LogP contribution in [0.1, 0.15) is 56.0 Å². The Morgan fingerprint density at radius 2 is 2.08 bits per heavy atom. The number of amides is 1. The number of aromatic nitrogens is 2. The molecule has 3 heterocycles. The molecule has 25 heavy (non-hydrogen) atoms. The molecular weight excluding hydrogens is 316 g/mol. The van der Waals surface area contributed by atoms with Crippen LogP contribution >= 0.6 is 0 Å². The molecule has 0 spiro atoms. The summed E-state index contributed by atoms with van der Waals surface area (Å²) in [4.78, 5) is 14.6. The van der Waals surface area contributed by atoms with Gasteiger partial charge >= 0.3 is 0 Å². The molecule has 6 heteroatoms. The van der Waals surface area contributed by atoms with E-state index in [0.717, 1.165) is 44.8 Å². The molecule has 140 valence electrons. The van der Waals surface area contributed by atoms with Crippen LogP contribution < -0.4 is 5.32 Å². The lowest BCUT2D eigenvalue weighted by atomic mass is 10.1. The number of piperidine rings is 1. The van der Waals surface area contributed by atoms with E-state index in [9.17, 15) is 4.79 Å². The minimum absolute atomic E-state index is 0.132. The van der Waals surface area contributed by atoms with E-state index in [2.05, 4.69) is 21.8 Å². The molecule has 1 N–H and O–H groups in total. The Morgan fingerprint density at radius 3 is 2.88 bits per heavy atom. The second kappa shape index (κ2) is 9.34. The zero-order chi connectivity index (χ0) is 17.5. The second-order valence-corrected chi connectivity index (χ2v) is 7.15. The number of fused-ring (bicyclic) bond motifs is 1. The molecule has 1 saturated heterocycles. The molecule has 0 aliphatic carbocycles. The van der Waals surface area contributed by atoms with Crippen LogP contribution in [0.4, 0.5) is 0 Å². The Morgan fingerprint density at radius 1 is 1.24 bits per heavy atom. The van der Waals surface area contributed by atoms with Gasteiger partial charge in [0.2, 0.25) is 5.91 Å². The Bertz CT molecular complexity index is 564. The van der Waals surface area contributed by atoms with E-state index in [1.807, 2.05) is 0 Å². The Balaban J connectivity index is 1.45. The molecular formula is C19H32N4O2. The minimum atomic E-state index is 0.132. The summed E-state index contributed by atoms with van der Waals surface area (Å²) in [5, 5.41) is 7.82. The van der Waals surface area contributed by atoms with Gasteiger partial charge in [-0.15, -0.1) is 0 Å². The molecule has 1 aromatic heterocycles. The molecule has 1 fully saturated rings. The fourth-order valence-electron chi connectivity index (χ4n) is 3.83. The van der Waals surface area contributed by atoms with E-state index in [-0.39, 0.29) is 5.91 Å². The summed E-state index contributed by atoms with van der Waals surface area (Å²) in [7, 11) is 0. The number of nitrogens with one attached hydrogen (secondary N) is 1. The molecule has 0 radical (unpaired) electrons. The third-order valence-corrected chi connectivity index (χ3v) is 5.20. The zero-order valence-corrected chi connectivity index (χ0v) is 15.6. The number of carbonyl (C=O) groups excluding carboxylic acids is 1. The van der Waals surface area contributed by atoms with E-state index in [0.29, 0.717) is 19.4 Å². The fourth-order valence-corrected chi connectivity index (χ4v) is 3.83. The van der Waals surface area contributed by atoms with Crippen molar-refractivity contribution >= 4 is 5.91 Å². The van der Waals surface area contributed by atoms with Gasteiger partial charge in [-0.25, -0.2) is 0 Å². The number of hydrogen-bond donors (Lipinski definition) is 1. The number of rotatable bonds is 8. The number of ether oxygens (including phenoxy) is 1. The summed E-state index contributed by atoms with van der Waals surface area (Å²) < 4.78 is 7.73. The van der Waals surface area contributed by atoms with Gasteiger partial charge in [-0.05, 0) is 32.4 Å². The highest BCUT2D eigenvalue weighted by Gasteiger charge is 2.21. The molecule has 0 saturated carbocycles. The van der Waals surface area contributed by atoms with Crippen molar-refractivity contribution in [2.24, 2.45) is 0 Å². The lowest BCUT2D eigenvalue weighted by molar-refractivity contribution is -0.121. The van der Waals surface area contributed by atoms with Crippen molar-refractivity contribution < 1.29 is 9.53 Å².